The van der Waals surface area contributed by atoms with Gasteiger partial charge in [-0.15, -0.1) is 0 Å². The summed E-state index contributed by atoms with van der Waals surface area (Å²) in [6.45, 7) is 5.92. The van der Waals surface area contributed by atoms with Gasteiger partial charge in [-0.1, -0.05) is 12.1 Å². The number of nitrogens with one attached hydrogen (secondary N) is 1. The van der Waals surface area contributed by atoms with Crippen molar-refractivity contribution in [3.63, 3.8) is 0 Å². The second-order valence-corrected chi connectivity index (χ2v) is 8.49. The fourth-order valence-corrected chi connectivity index (χ4v) is 3.84. The van der Waals surface area contributed by atoms with Gasteiger partial charge in [0.05, 0.1) is 24.3 Å². The highest BCUT2D eigenvalue weighted by atomic mass is 16.6. The molecular weight excluding hydrogens is 370 g/mol. The molecule has 1 N–H and O–H groups in total. The number of benzene rings is 1. The number of amides is 1. The number of fused-ring (bicyclic) bond motifs is 1. The smallest absolute Gasteiger partial charge is 0.407 e. The number of para-hydroxylation sites is 1. The predicted octanol–water partition coefficient (Wildman–Crippen LogP) is 4.01. The van der Waals surface area contributed by atoms with Crippen LogP contribution in [0.15, 0.2) is 24.4 Å². The lowest BCUT2D eigenvalue weighted by Gasteiger charge is -2.31. The van der Waals surface area contributed by atoms with Crippen LogP contribution in [0.2, 0.25) is 0 Å². The van der Waals surface area contributed by atoms with E-state index in [0.29, 0.717) is 31.0 Å². The summed E-state index contributed by atoms with van der Waals surface area (Å²) in [5, 5.41) is 2.91. The van der Waals surface area contributed by atoms with Crippen molar-refractivity contribution in [2.75, 3.05) is 13.7 Å². The molecule has 1 atom stereocenters. The molecule has 1 fully saturated rings. The van der Waals surface area contributed by atoms with Crippen molar-refractivity contribution in [3.8, 4) is 5.88 Å². The molecule has 1 saturated carbocycles. The number of Topliss-reactive ketones (excluding diaryl/α,β-unsaturated/α-hetero) is 1. The zero-order chi connectivity index (χ0) is 21.0. The average Bonchev–Trinajstić information content (AvgIpc) is 2.67. The Kier molecular flexibility index (Phi) is 6.35. The Morgan fingerprint density at radius 3 is 2.66 bits per heavy atom. The van der Waals surface area contributed by atoms with E-state index < -0.39 is 11.7 Å². The first-order chi connectivity index (χ1) is 13.8. The van der Waals surface area contributed by atoms with Crippen molar-refractivity contribution < 1.29 is 19.1 Å². The number of alkyl carbamates (subject to hydrolysis) is 1. The van der Waals surface area contributed by atoms with Gasteiger partial charge in [-0.3, -0.25) is 4.79 Å². The van der Waals surface area contributed by atoms with E-state index in [4.69, 9.17) is 9.47 Å². The number of aromatic nitrogens is 2. The maximum atomic E-state index is 12.3. The highest BCUT2D eigenvalue weighted by Gasteiger charge is 2.30. The van der Waals surface area contributed by atoms with Crippen LogP contribution in [0, 0.1) is 5.92 Å². The van der Waals surface area contributed by atoms with Crippen LogP contribution in [0.1, 0.15) is 57.9 Å². The molecule has 0 bridgehead atoms. The third kappa shape index (κ3) is 5.43. The number of ketones is 1. The van der Waals surface area contributed by atoms with Crippen LogP contribution in [-0.4, -0.2) is 41.1 Å². The summed E-state index contributed by atoms with van der Waals surface area (Å²) in [5.41, 5.74) is 1.98. The predicted molar refractivity (Wildman–Crippen MR) is 110 cm³/mol. The molecule has 1 heterocycles. The Morgan fingerprint density at radius 2 is 2.00 bits per heavy atom. The topological polar surface area (TPSA) is 90.4 Å². The van der Waals surface area contributed by atoms with Gasteiger partial charge in [-0.05, 0) is 51.2 Å². The van der Waals surface area contributed by atoms with E-state index in [0.717, 1.165) is 29.4 Å². The number of methoxy groups -OCH3 is 1. The van der Waals surface area contributed by atoms with Crippen LogP contribution in [0.4, 0.5) is 4.79 Å². The zero-order valence-corrected chi connectivity index (χ0v) is 17.5. The molecule has 2 aromatic rings. The summed E-state index contributed by atoms with van der Waals surface area (Å²) in [7, 11) is 1.56. The van der Waals surface area contributed by atoms with Crippen molar-refractivity contribution in [1.82, 2.24) is 15.3 Å². The lowest BCUT2D eigenvalue weighted by Crippen LogP contribution is -2.37. The van der Waals surface area contributed by atoms with Crippen LogP contribution in [-0.2, 0) is 9.53 Å². The van der Waals surface area contributed by atoms with Gasteiger partial charge < -0.3 is 14.8 Å². The minimum absolute atomic E-state index is 0.000671. The molecule has 1 aliphatic rings. The van der Waals surface area contributed by atoms with E-state index in [2.05, 4.69) is 15.3 Å². The zero-order valence-electron chi connectivity index (χ0n) is 17.5. The fourth-order valence-electron chi connectivity index (χ4n) is 3.84. The molecule has 7 nitrogen and oxygen atoms in total. The number of hydrogen-bond donors (Lipinski definition) is 1. The molecule has 156 valence electrons. The Bertz CT molecular complexity index is 881. The standard InChI is InChI=1S/C22H29N3O4/c1-22(2,3)29-21(27)24-12-17(14-8-10-15(26)11-9-14)16-6-5-7-18-20(16)25-19(28-4)13-23-18/h5-7,13-14,17H,8-12H2,1-4H3,(H,24,27)/t17-/m0/s1. The molecule has 7 heteroatoms. The molecule has 29 heavy (non-hydrogen) atoms. The maximum absolute atomic E-state index is 12.3. The van der Waals surface area contributed by atoms with Crippen LogP contribution >= 0.6 is 0 Å². The van der Waals surface area contributed by atoms with E-state index in [9.17, 15) is 9.59 Å². The quantitative estimate of drug-likeness (QED) is 0.817. The molecule has 1 amide bonds. The Hall–Kier alpha value is -2.70. The minimum atomic E-state index is -0.560. The van der Waals surface area contributed by atoms with Gasteiger partial charge in [0, 0.05) is 25.3 Å². The average molecular weight is 399 g/mol. The third-order valence-corrected chi connectivity index (χ3v) is 5.21. The summed E-state index contributed by atoms with van der Waals surface area (Å²) in [5.74, 6) is 1.02. The third-order valence-electron chi connectivity index (χ3n) is 5.21. The molecule has 1 aliphatic carbocycles. The molecule has 1 aromatic heterocycles. The van der Waals surface area contributed by atoms with E-state index >= 15 is 0 Å². The second kappa shape index (κ2) is 8.76. The molecule has 1 aromatic carbocycles. The number of carbonyl (C=O) groups excluding carboxylic acids is 2. The Labute approximate surface area is 171 Å². The number of rotatable bonds is 5. The number of ether oxygens (including phenoxy) is 2. The number of carbonyl (C=O) groups is 2. The Balaban J connectivity index is 1.91. The summed E-state index contributed by atoms with van der Waals surface area (Å²) >= 11 is 0. The molecule has 3 rings (SSSR count). The summed E-state index contributed by atoms with van der Waals surface area (Å²) in [4.78, 5) is 33.1. The molecule has 0 saturated heterocycles. The first-order valence-corrected chi connectivity index (χ1v) is 10.0. The molecule has 0 radical (unpaired) electrons. The lowest BCUT2D eigenvalue weighted by molar-refractivity contribution is -0.121. The molecule has 0 aliphatic heterocycles. The van der Waals surface area contributed by atoms with Crippen molar-refractivity contribution >= 4 is 22.9 Å². The maximum Gasteiger partial charge on any atom is 0.407 e. The molecular formula is C22H29N3O4. The first kappa shape index (κ1) is 21.0. The highest BCUT2D eigenvalue weighted by Crippen LogP contribution is 2.37. The Morgan fingerprint density at radius 1 is 1.28 bits per heavy atom. The highest BCUT2D eigenvalue weighted by molar-refractivity contribution is 5.80. The van der Waals surface area contributed by atoms with Gasteiger partial charge in [-0.2, -0.15) is 0 Å². The van der Waals surface area contributed by atoms with Crippen LogP contribution in [0.25, 0.3) is 11.0 Å². The molecule has 0 spiro atoms. The van der Waals surface area contributed by atoms with Gasteiger partial charge in [0.1, 0.15) is 11.4 Å². The van der Waals surface area contributed by atoms with Crippen molar-refractivity contribution in [1.29, 1.82) is 0 Å². The van der Waals surface area contributed by atoms with Crippen LogP contribution in [0.3, 0.4) is 0 Å². The van der Waals surface area contributed by atoms with Crippen molar-refractivity contribution in [2.45, 2.75) is 58.0 Å². The van der Waals surface area contributed by atoms with E-state index in [1.54, 1.807) is 13.3 Å². The van der Waals surface area contributed by atoms with Gasteiger partial charge in [0.2, 0.25) is 5.88 Å². The normalized spacial score (nSPS) is 16.5. The fraction of sp³-hybridized carbons (Fsp3) is 0.545. The summed E-state index contributed by atoms with van der Waals surface area (Å²) < 4.78 is 10.7. The molecule has 0 unspecified atom stereocenters. The van der Waals surface area contributed by atoms with Crippen molar-refractivity contribution in [3.05, 3.63) is 30.0 Å². The first-order valence-electron chi connectivity index (χ1n) is 10.0. The van der Waals surface area contributed by atoms with Gasteiger partial charge in [0.15, 0.2) is 0 Å². The van der Waals surface area contributed by atoms with E-state index in [1.165, 1.54) is 0 Å². The monoisotopic (exact) mass is 399 g/mol. The summed E-state index contributed by atoms with van der Waals surface area (Å²) in [6, 6.07) is 5.88. The van der Waals surface area contributed by atoms with Crippen molar-refractivity contribution in [2.24, 2.45) is 5.92 Å². The number of hydrogen-bond acceptors (Lipinski definition) is 6. The van der Waals surface area contributed by atoms with E-state index in [-0.39, 0.29) is 11.8 Å². The minimum Gasteiger partial charge on any atom is -0.480 e. The van der Waals surface area contributed by atoms with Crippen LogP contribution in [0.5, 0.6) is 5.88 Å². The second-order valence-electron chi connectivity index (χ2n) is 8.49. The van der Waals surface area contributed by atoms with Gasteiger partial charge in [-0.25, -0.2) is 14.8 Å². The van der Waals surface area contributed by atoms with E-state index in [1.807, 2.05) is 39.0 Å². The summed E-state index contributed by atoms with van der Waals surface area (Å²) in [6.07, 6.45) is 3.90. The largest absolute Gasteiger partial charge is 0.480 e. The van der Waals surface area contributed by atoms with Crippen LogP contribution < -0.4 is 10.1 Å². The van der Waals surface area contributed by atoms with Gasteiger partial charge in [0.25, 0.3) is 0 Å². The van der Waals surface area contributed by atoms with Gasteiger partial charge >= 0.3 is 6.09 Å². The number of nitrogens with zero attached hydrogens (tertiary/aromatic N) is 2. The SMILES string of the molecule is COc1cnc2cccc([C@@H](CNC(=O)OC(C)(C)C)C3CCC(=O)CC3)c2n1. The lowest BCUT2D eigenvalue weighted by atomic mass is 9.76.